The maximum absolute atomic E-state index is 11.7. The van der Waals surface area contributed by atoms with E-state index in [2.05, 4.69) is 10.5 Å². The normalized spacial score (nSPS) is 16.2. The van der Waals surface area contributed by atoms with Gasteiger partial charge in [-0.15, -0.1) is 0 Å². The molecule has 2 heterocycles. The monoisotopic (exact) mass is 310 g/mol. The van der Waals surface area contributed by atoms with Crippen LogP contribution in [0, 0.1) is 0 Å². The SMILES string of the molecule is O=C1CN2C(c3ccccc3Cl)=Nc3ccccc3C2=NN1. The fourth-order valence-corrected chi connectivity index (χ4v) is 2.81. The molecule has 0 radical (unpaired) electrons. The zero-order valence-electron chi connectivity index (χ0n) is 11.5. The first-order valence-corrected chi connectivity index (χ1v) is 7.19. The Morgan fingerprint density at radius 3 is 2.55 bits per heavy atom. The van der Waals surface area contributed by atoms with Crippen molar-refractivity contribution in [2.24, 2.45) is 10.1 Å². The highest BCUT2D eigenvalue weighted by Crippen LogP contribution is 2.30. The van der Waals surface area contributed by atoms with Gasteiger partial charge in [-0.05, 0) is 24.3 Å². The minimum atomic E-state index is -0.178. The average Bonchev–Trinajstić information content (AvgIpc) is 2.54. The van der Waals surface area contributed by atoms with E-state index in [0.717, 1.165) is 16.8 Å². The van der Waals surface area contributed by atoms with E-state index >= 15 is 0 Å². The predicted octanol–water partition coefficient (Wildman–Crippen LogP) is 2.53. The molecule has 1 N–H and O–H groups in total. The lowest BCUT2D eigenvalue weighted by Gasteiger charge is -2.33. The van der Waals surface area contributed by atoms with Crippen molar-refractivity contribution in [1.82, 2.24) is 10.3 Å². The third-order valence-electron chi connectivity index (χ3n) is 3.59. The van der Waals surface area contributed by atoms with Gasteiger partial charge in [-0.3, -0.25) is 9.69 Å². The Kier molecular flexibility index (Phi) is 2.94. The summed E-state index contributed by atoms with van der Waals surface area (Å²) in [7, 11) is 0. The van der Waals surface area contributed by atoms with Crippen molar-refractivity contribution in [2.45, 2.75) is 0 Å². The van der Waals surface area contributed by atoms with Gasteiger partial charge in [0, 0.05) is 11.1 Å². The Bertz CT molecular complexity index is 844. The van der Waals surface area contributed by atoms with Crippen molar-refractivity contribution in [1.29, 1.82) is 0 Å². The number of fused-ring (bicyclic) bond motifs is 3. The molecule has 6 heteroatoms. The number of para-hydroxylation sites is 1. The molecule has 1 amide bonds. The van der Waals surface area contributed by atoms with Gasteiger partial charge in [-0.2, -0.15) is 5.10 Å². The molecule has 0 fully saturated rings. The highest BCUT2D eigenvalue weighted by Gasteiger charge is 2.32. The summed E-state index contributed by atoms with van der Waals surface area (Å²) < 4.78 is 0. The van der Waals surface area contributed by atoms with Crippen molar-refractivity contribution in [3.63, 3.8) is 0 Å². The van der Waals surface area contributed by atoms with Crippen molar-refractivity contribution >= 4 is 34.9 Å². The van der Waals surface area contributed by atoms with E-state index in [-0.39, 0.29) is 12.5 Å². The van der Waals surface area contributed by atoms with Crippen LogP contribution in [-0.4, -0.2) is 29.0 Å². The van der Waals surface area contributed by atoms with Crippen molar-refractivity contribution < 1.29 is 4.79 Å². The van der Waals surface area contributed by atoms with E-state index < -0.39 is 0 Å². The molecule has 0 bridgehead atoms. The fourth-order valence-electron chi connectivity index (χ4n) is 2.59. The van der Waals surface area contributed by atoms with Gasteiger partial charge in [0.15, 0.2) is 5.84 Å². The van der Waals surface area contributed by atoms with E-state index in [1.165, 1.54) is 0 Å². The van der Waals surface area contributed by atoms with Gasteiger partial charge in [0.25, 0.3) is 5.91 Å². The fraction of sp³-hybridized carbons (Fsp3) is 0.0625. The standard InChI is InChI=1S/C16H11ClN4O/c17-12-7-3-1-5-10(12)15-18-13-8-4-2-6-11(13)16-20-19-14(22)9-21(15)16/h1-8H,9H2,(H,19,22). The van der Waals surface area contributed by atoms with Crippen LogP contribution < -0.4 is 5.43 Å². The topological polar surface area (TPSA) is 57.1 Å². The Hall–Kier alpha value is -2.66. The second-order valence-electron chi connectivity index (χ2n) is 4.99. The summed E-state index contributed by atoms with van der Waals surface area (Å²) in [5, 5.41) is 4.79. The van der Waals surface area contributed by atoms with Gasteiger partial charge >= 0.3 is 0 Å². The number of amidine groups is 2. The van der Waals surface area contributed by atoms with Gasteiger partial charge in [0.05, 0.1) is 10.7 Å². The highest BCUT2D eigenvalue weighted by atomic mass is 35.5. The number of rotatable bonds is 1. The molecule has 2 aliphatic rings. The molecule has 2 aromatic rings. The number of carbonyl (C=O) groups excluding carboxylic acids is 1. The molecular weight excluding hydrogens is 300 g/mol. The summed E-state index contributed by atoms with van der Waals surface area (Å²) in [6.07, 6.45) is 0. The summed E-state index contributed by atoms with van der Waals surface area (Å²) >= 11 is 6.30. The summed E-state index contributed by atoms with van der Waals surface area (Å²) in [5.74, 6) is 1.14. The summed E-state index contributed by atoms with van der Waals surface area (Å²) in [4.78, 5) is 18.2. The number of aliphatic imine (C=N–C) groups is 1. The molecule has 0 unspecified atom stereocenters. The molecule has 0 saturated heterocycles. The molecule has 2 aliphatic heterocycles. The molecule has 108 valence electrons. The number of hydrogen-bond acceptors (Lipinski definition) is 4. The van der Waals surface area contributed by atoms with Gasteiger partial charge in [-0.25, -0.2) is 10.4 Å². The Morgan fingerprint density at radius 2 is 1.73 bits per heavy atom. The van der Waals surface area contributed by atoms with Gasteiger partial charge in [0.1, 0.15) is 12.4 Å². The average molecular weight is 311 g/mol. The maximum atomic E-state index is 11.7. The quantitative estimate of drug-likeness (QED) is 0.880. The zero-order valence-corrected chi connectivity index (χ0v) is 12.2. The van der Waals surface area contributed by atoms with Crippen molar-refractivity contribution in [3.8, 4) is 0 Å². The number of halogens is 1. The second kappa shape index (κ2) is 4.96. The van der Waals surface area contributed by atoms with Gasteiger partial charge in [0.2, 0.25) is 0 Å². The summed E-state index contributed by atoms with van der Waals surface area (Å²) in [6.45, 7) is 0.164. The molecule has 4 rings (SSSR count). The lowest BCUT2D eigenvalue weighted by atomic mass is 10.1. The van der Waals surface area contributed by atoms with Crippen LogP contribution in [0.1, 0.15) is 11.1 Å². The Balaban J connectivity index is 1.96. The number of hydrogen-bond donors (Lipinski definition) is 1. The third kappa shape index (κ3) is 1.98. The van der Waals surface area contributed by atoms with E-state index in [1.54, 1.807) is 11.0 Å². The van der Waals surface area contributed by atoms with Crippen LogP contribution in [0.25, 0.3) is 0 Å². The number of nitrogens with one attached hydrogen (secondary N) is 1. The molecule has 0 spiro atoms. The predicted molar refractivity (Wildman–Crippen MR) is 85.5 cm³/mol. The molecule has 0 saturated carbocycles. The number of hydrazone groups is 1. The van der Waals surface area contributed by atoms with Crippen LogP contribution in [0.5, 0.6) is 0 Å². The molecule has 0 atom stereocenters. The number of carbonyl (C=O) groups is 1. The van der Waals surface area contributed by atoms with Crippen LogP contribution in [0.15, 0.2) is 58.6 Å². The minimum absolute atomic E-state index is 0.164. The Morgan fingerprint density at radius 1 is 1.00 bits per heavy atom. The lowest BCUT2D eigenvalue weighted by molar-refractivity contribution is -0.121. The highest BCUT2D eigenvalue weighted by molar-refractivity contribution is 6.35. The van der Waals surface area contributed by atoms with Crippen LogP contribution in [0.4, 0.5) is 5.69 Å². The first-order valence-electron chi connectivity index (χ1n) is 6.81. The van der Waals surface area contributed by atoms with Gasteiger partial charge < -0.3 is 0 Å². The van der Waals surface area contributed by atoms with Gasteiger partial charge in [-0.1, -0.05) is 35.9 Å². The molecule has 5 nitrogen and oxygen atoms in total. The Labute approximate surface area is 131 Å². The maximum Gasteiger partial charge on any atom is 0.260 e. The van der Waals surface area contributed by atoms with Crippen molar-refractivity contribution in [3.05, 3.63) is 64.7 Å². The zero-order chi connectivity index (χ0) is 15.1. The molecule has 2 aromatic carbocycles. The lowest BCUT2D eigenvalue weighted by Crippen LogP contribution is -2.50. The number of benzene rings is 2. The molecule has 22 heavy (non-hydrogen) atoms. The first-order chi connectivity index (χ1) is 10.7. The molecule has 0 aromatic heterocycles. The first kappa shape index (κ1) is 13.0. The third-order valence-corrected chi connectivity index (χ3v) is 3.92. The summed E-state index contributed by atoms with van der Waals surface area (Å²) in [6, 6.07) is 15.1. The minimum Gasteiger partial charge on any atom is -0.299 e. The molecule has 0 aliphatic carbocycles. The number of nitrogens with zero attached hydrogens (tertiary/aromatic N) is 3. The number of amides is 1. The van der Waals surface area contributed by atoms with E-state index in [1.807, 2.05) is 42.5 Å². The van der Waals surface area contributed by atoms with Crippen LogP contribution in [0.2, 0.25) is 5.02 Å². The smallest absolute Gasteiger partial charge is 0.260 e. The largest absolute Gasteiger partial charge is 0.299 e. The second-order valence-corrected chi connectivity index (χ2v) is 5.40. The van der Waals surface area contributed by atoms with Crippen LogP contribution in [-0.2, 0) is 4.79 Å². The van der Waals surface area contributed by atoms with E-state index in [4.69, 9.17) is 16.6 Å². The summed E-state index contributed by atoms with van der Waals surface area (Å²) in [5.41, 5.74) is 5.00. The molecular formula is C16H11ClN4O. The van der Waals surface area contributed by atoms with Crippen LogP contribution >= 0.6 is 11.6 Å². The van der Waals surface area contributed by atoms with Crippen molar-refractivity contribution in [2.75, 3.05) is 6.54 Å². The van der Waals surface area contributed by atoms with Crippen LogP contribution in [0.3, 0.4) is 0 Å². The van der Waals surface area contributed by atoms with E-state index in [0.29, 0.717) is 16.7 Å². The van der Waals surface area contributed by atoms with E-state index in [9.17, 15) is 4.79 Å².